The summed E-state index contributed by atoms with van der Waals surface area (Å²) < 4.78 is 70.5. The number of nitrogens with one attached hydrogen (secondary N) is 1. The lowest BCUT2D eigenvalue weighted by Gasteiger charge is -2.10. The maximum absolute atomic E-state index is 12.5. The number of halogens is 4. The second-order valence-corrected chi connectivity index (χ2v) is 4.24. The van der Waals surface area contributed by atoms with E-state index in [1.165, 1.54) is 4.72 Å². The fourth-order valence-corrected chi connectivity index (χ4v) is 1.32. The van der Waals surface area contributed by atoms with E-state index in [0.717, 1.165) is 18.2 Å². The highest BCUT2D eigenvalue weighted by molar-refractivity contribution is 7.93. The van der Waals surface area contributed by atoms with Crippen molar-refractivity contribution in [1.29, 1.82) is 0 Å². The molecule has 0 unspecified atom stereocenters. The predicted molar refractivity (Wildman–Crippen MR) is 45.0 cm³/mol. The Kier molecular flexibility index (Phi) is 2.89. The third-order valence-electron chi connectivity index (χ3n) is 1.38. The van der Waals surface area contributed by atoms with Gasteiger partial charge in [-0.1, -0.05) is 6.07 Å². The summed E-state index contributed by atoms with van der Waals surface area (Å²) in [6.45, 7) is 0. The van der Waals surface area contributed by atoms with Gasteiger partial charge >= 0.3 is 15.5 Å². The molecule has 0 bridgehead atoms. The summed E-state index contributed by atoms with van der Waals surface area (Å²) in [6.07, 6.45) is 0. The molecule has 0 radical (unpaired) electrons. The molecule has 1 aromatic carbocycles. The van der Waals surface area contributed by atoms with E-state index in [0.29, 0.717) is 6.07 Å². The molecule has 0 aliphatic carbocycles. The Morgan fingerprint density at radius 3 is 2.27 bits per heavy atom. The standard InChI is InChI=1S/C7H5F4NO2S/c8-5-2-1-3-6(4-5)12-15(13,14)7(9,10)11/h1-4,12H. The van der Waals surface area contributed by atoms with Gasteiger partial charge in [0.25, 0.3) is 0 Å². The Balaban J connectivity index is 2.98. The molecule has 0 saturated carbocycles. The van der Waals surface area contributed by atoms with Crippen LogP contribution in [0.25, 0.3) is 0 Å². The first-order valence-corrected chi connectivity index (χ1v) is 5.05. The molecule has 8 heteroatoms. The lowest BCUT2D eigenvalue weighted by Crippen LogP contribution is -2.29. The summed E-state index contributed by atoms with van der Waals surface area (Å²) >= 11 is 0. The minimum absolute atomic E-state index is 0.479. The first-order chi connectivity index (χ1) is 6.72. The summed E-state index contributed by atoms with van der Waals surface area (Å²) in [7, 11) is -5.48. The van der Waals surface area contributed by atoms with Crippen molar-refractivity contribution in [2.45, 2.75) is 5.51 Å². The fourth-order valence-electron chi connectivity index (χ4n) is 0.765. The van der Waals surface area contributed by atoms with Gasteiger partial charge < -0.3 is 0 Å². The molecule has 0 saturated heterocycles. The first-order valence-electron chi connectivity index (χ1n) is 3.57. The monoisotopic (exact) mass is 243 g/mol. The number of alkyl halides is 3. The van der Waals surface area contributed by atoms with Gasteiger partial charge in [0.1, 0.15) is 5.82 Å². The lowest BCUT2D eigenvalue weighted by atomic mass is 10.3. The van der Waals surface area contributed by atoms with Gasteiger partial charge in [0.15, 0.2) is 0 Å². The quantitative estimate of drug-likeness (QED) is 0.808. The predicted octanol–water partition coefficient (Wildman–Crippen LogP) is 2.09. The zero-order valence-electron chi connectivity index (χ0n) is 7.05. The number of hydrogen-bond acceptors (Lipinski definition) is 2. The molecule has 0 atom stereocenters. The molecule has 1 N–H and O–H groups in total. The lowest BCUT2D eigenvalue weighted by molar-refractivity contribution is -0.0429. The van der Waals surface area contributed by atoms with E-state index in [1.54, 1.807) is 0 Å². The maximum Gasteiger partial charge on any atom is 0.516 e. The molecule has 3 nitrogen and oxygen atoms in total. The molecule has 0 amide bonds. The van der Waals surface area contributed by atoms with Crippen LogP contribution in [0.4, 0.5) is 23.2 Å². The number of hydrogen-bond donors (Lipinski definition) is 1. The Hall–Kier alpha value is -1.31. The molecule has 0 aromatic heterocycles. The van der Waals surface area contributed by atoms with Crippen molar-refractivity contribution in [2.75, 3.05) is 4.72 Å². The van der Waals surface area contributed by atoms with E-state index in [9.17, 15) is 26.0 Å². The molecular weight excluding hydrogens is 238 g/mol. The average Bonchev–Trinajstić information content (AvgIpc) is 2.00. The van der Waals surface area contributed by atoms with Crippen LogP contribution < -0.4 is 4.72 Å². The van der Waals surface area contributed by atoms with Crippen molar-refractivity contribution in [3.63, 3.8) is 0 Å². The zero-order valence-corrected chi connectivity index (χ0v) is 7.86. The molecule has 1 rings (SSSR count). The molecule has 0 fully saturated rings. The highest BCUT2D eigenvalue weighted by atomic mass is 32.2. The molecule has 1 aromatic rings. The van der Waals surface area contributed by atoms with Gasteiger partial charge in [0, 0.05) is 0 Å². The molecule has 0 aliphatic rings. The van der Waals surface area contributed by atoms with Gasteiger partial charge in [0.2, 0.25) is 0 Å². The Labute approximate surface area is 82.8 Å². The van der Waals surface area contributed by atoms with Crippen LogP contribution in [0.5, 0.6) is 0 Å². The van der Waals surface area contributed by atoms with Crippen molar-refractivity contribution in [3.05, 3.63) is 30.1 Å². The Morgan fingerprint density at radius 2 is 1.80 bits per heavy atom. The van der Waals surface area contributed by atoms with E-state index in [-0.39, 0.29) is 0 Å². The van der Waals surface area contributed by atoms with Gasteiger partial charge in [0.05, 0.1) is 5.69 Å². The van der Waals surface area contributed by atoms with E-state index >= 15 is 0 Å². The van der Waals surface area contributed by atoms with Crippen molar-refractivity contribution in [3.8, 4) is 0 Å². The maximum atomic E-state index is 12.5. The van der Waals surface area contributed by atoms with Crippen molar-refractivity contribution >= 4 is 15.7 Å². The number of benzene rings is 1. The SMILES string of the molecule is O=S(=O)(Nc1cccc(F)c1)C(F)(F)F. The van der Waals surface area contributed by atoms with Crippen molar-refractivity contribution in [1.82, 2.24) is 0 Å². The first kappa shape index (κ1) is 11.8. The van der Waals surface area contributed by atoms with Crippen molar-refractivity contribution < 1.29 is 26.0 Å². The fraction of sp³-hybridized carbons (Fsp3) is 0.143. The molecule has 0 heterocycles. The number of rotatable bonds is 2. The third kappa shape index (κ3) is 2.82. The largest absolute Gasteiger partial charge is 0.516 e. The molecule has 0 aliphatic heterocycles. The Morgan fingerprint density at radius 1 is 1.20 bits per heavy atom. The number of anilines is 1. The topological polar surface area (TPSA) is 46.2 Å². The van der Waals surface area contributed by atoms with Crippen LogP contribution in [0.1, 0.15) is 0 Å². The summed E-state index contributed by atoms with van der Waals surface area (Å²) in [4.78, 5) is 0. The summed E-state index contributed by atoms with van der Waals surface area (Å²) in [5.41, 5.74) is -5.90. The van der Waals surface area contributed by atoms with Gasteiger partial charge in [-0.15, -0.1) is 0 Å². The van der Waals surface area contributed by atoms with Crippen LogP contribution in [0, 0.1) is 5.82 Å². The highest BCUT2D eigenvalue weighted by Gasteiger charge is 2.46. The number of sulfonamides is 1. The van der Waals surface area contributed by atoms with Crippen molar-refractivity contribution in [2.24, 2.45) is 0 Å². The van der Waals surface area contributed by atoms with Gasteiger partial charge in [-0.25, -0.2) is 4.39 Å². The van der Waals surface area contributed by atoms with Crippen LogP contribution in [0.2, 0.25) is 0 Å². The Bertz CT molecular complexity index is 454. The molecule has 15 heavy (non-hydrogen) atoms. The van der Waals surface area contributed by atoms with E-state index in [1.807, 2.05) is 0 Å². The molecular formula is C7H5F4NO2S. The summed E-state index contributed by atoms with van der Waals surface area (Å²) in [6, 6.07) is 3.71. The normalized spacial score (nSPS) is 12.5. The minimum Gasteiger partial charge on any atom is -0.276 e. The van der Waals surface area contributed by atoms with Gasteiger partial charge in [-0.2, -0.15) is 21.6 Å². The second kappa shape index (κ2) is 3.69. The molecule has 0 spiro atoms. The smallest absolute Gasteiger partial charge is 0.276 e. The van der Waals surface area contributed by atoms with E-state index in [2.05, 4.69) is 0 Å². The molecule has 84 valence electrons. The van der Waals surface area contributed by atoms with Crippen LogP contribution in [0.15, 0.2) is 24.3 Å². The van der Waals surface area contributed by atoms with E-state index in [4.69, 9.17) is 0 Å². The minimum atomic E-state index is -5.48. The highest BCUT2D eigenvalue weighted by Crippen LogP contribution is 2.25. The average molecular weight is 243 g/mol. The zero-order chi connectivity index (χ0) is 11.7. The third-order valence-corrected chi connectivity index (χ3v) is 2.50. The van der Waals surface area contributed by atoms with Crippen LogP contribution >= 0.6 is 0 Å². The summed E-state index contributed by atoms with van der Waals surface area (Å²) in [5.74, 6) is -0.836. The van der Waals surface area contributed by atoms with Gasteiger partial charge in [-0.3, -0.25) is 4.72 Å². The van der Waals surface area contributed by atoms with E-state index < -0.39 is 27.0 Å². The summed E-state index contributed by atoms with van der Waals surface area (Å²) in [5, 5.41) is 0. The second-order valence-electron chi connectivity index (χ2n) is 2.56. The van der Waals surface area contributed by atoms with Crippen LogP contribution in [-0.4, -0.2) is 13.9 Å². The van der Waals surface area contributed by atoms with Crippen LogP contribution in [0.3, 0.4) is 0 Å². The van der Waals surface area contributed by atoms with Crippen LogP contribution in [-0.2, 0) is 10.0 Å². The van der Waals surface area contributed by atoms with Gasteiger partial charge in [-0.05, 0) is 18.2 Å².